The third kappa shape index (κ3) is 5.80. The van der Waals surface area contributed by atoms with Crippen molar-refractivity contribution in [2.75, 3.05) is 13.2 Å². The highest BCUT2D eigenvalue weighted by molar-refractivity contribution is 5.19. The van der Waals surface area contributed by atoms with E-state index < -0.39 is 0 Å². The molecule has 0 amide bonds. The van der Waals surface area contributed by atoms with E-state index in [0.717, 1.165) is 25.0 Å². The summed E-state index contributed by atoms with van der Waals surface area (Å²) in [6.07, 6.45) is 1.79. The van der Waals surface area contributed by atoms with Crippen LogP contribution in [0.3, 0.4) is 0 Å². The summed E-state index contributed by atoms with van der Waals surface area (Å²) in [5.41, 5.74) is 6.79. The van der Waals surface area contributed by atoms with Gasteiger partial charge in [-0.3, -0.25) is 0 Å². The fourth-order valence-electron chi connectivity index (χ4n) is 1.54. The summed E-state index contributed by atoms with van der Waals surface area (Å²) >= 11 is 0. The molecule has 0 saturated heterocycles. The zero-order valence-electron chi connectivity index (χ0n) is 10.7. The van der Waals surface area contributed by atoms with E-state index >= 15 is 0 Å². The third-order valence-electron chi connectivity index (χ3n) is 2.69. The summed E-state index contributed by atoms with van der Waals surface area (Å²) in [6, 6.07) is 6.30. The molecule has 0 saturated carbocycles. The van der Waals surface area contributed by atoms with Crippen LogP contribution in [0, 0.1) is 11.7 Å². The van der Waals surface area contributed by atoms with Crippen molar-refractivity contribution in [2.45, 2.75) is 32.7 Å². The van der Waals surface area contributed by atoms with Crippen molar-refractivity contribution in [3.8, 4) is 0 Å². The number of hydrogen-bond acceptors (Lipinski definition) is 2. The summed E-state index contributed by atoms with van der Waals surface area (Å²) in [5, 5.41) is 0. The highest BCUT2D eigenvalue weighted by Crippen LogP contribution is 2.15. The average Bonchev–Trinajstić information content (AvgIpc) is 2.28. The first kappa shape index (κ1) is 14.1. The molecule has 1 aromatic carbocycles. The van der Waals surface area contributed by atoms with Gasteiger partial charge in [0.25, 0.3) is 0 Å². The molecule has 0 spiro atoms. The molecule has 1 atom stereocenters. The summed E-state index contributed by atoms with van der Waals surface area (Å²) in [7, 11) is 0. The number of nitrogens with two attached hydrogens (primary N) is 1. The molecule has 0 fully saturated rings. The van der Waals surface area contributed by atoms with Gasteiger partial charge in [-0.25, -0.2) is 4.39 Å². The maximum absolute atomic E-state index is 13.0. The topological polar surface area (TPSA) is 35.2 Å². The normalized spacial score (nSPS) is 13.0. The van der Waals surface area contributed by atoms with Crippen molar-refractivity contribution in [1.82, 2.24) is 0 Å². The minimum absolute atomic E-state index is 0.148. The van der Waals surface area contributed by atoms with Crippen molar-refractivity contribution in [1.29, 1.82) is 0 Å². The summed E-state index contributed by atoms with van der Waals surface area (Å²) in [4.78, 5) is 0. The fraction of sp³-hybridized carbons (Fsp3) is 0.571. The van der Waals surface area contributed by atoms with Crippen LogP contribution in [0.1, 0.15) is 38.3 Å². The number of ether oxygens (including phenoxy) is 1. The van der Waals surface area contributed by atoms with Gasteiger partial charge in [0, 0.05) is 19.3 Å². The highest BCUT2D eigenvalue weighted by atomic mass is 19.1. The van der Waals surface area contributed by atoms with Gasteiger partial charge in [-0.2, -0.15) is 0 Å². The van der Waals surface area contributed by atoms with Crippen LogP contribution in [0.15, 0.2) is 24.3 Å². The van der Waals surface area contributed by atoms with Crippen molar-refractivity contribution in [3.63, 3.8) is 0 Å². The van der Waals surface area contributed by atoms with Crippen LogP contribution < -0.4 is 5.73 Å². The lowest BCUT2D eigenvalue weighted by Gasteiger charge is -2.12. The van der Waals surface area contributed by atoms with Gasteiger partial charge in [-0.1, -0.05) is 26.0 Å². The predicted molar refractivity (Wildman–Crippen MR) is 68.2 cm³/mol. The van der Waals surface area contributed by atoms with E-state index in [-0.39, 0.29) is 11.9 Å². The molecule has 1 unspecified atom stereocenters. The van der Waals surface area contributed by atoms with Gasteiger partial charge in [-0.05, 0) is 36.5 Å². The van der Waals surface area contributed by atoms with Crippen molar-refractivity contribution >= 4 is 0 Å². The lowest BCUT2D eigenvalue weighted by atomic mass is 10.1. The Balaban J connectivity index is 2.23. The van der Waals surface area contributed by atoms with Gasteiger partial charge < -0.3 is 10.5 Å². The Morgan fingerprint density at radius 1 is 1.24 bits per heavy atom. The van der Waals surface area contributed by atoms with E-state index in [0.29, 0.717) is 12.5 Å². The quantitative estimate of drug-likeness (QED) is 0.741. The van der Waals surface area contributed by atoms with Gasteiger partial charge in [-0.15, -0.1) is 0 Å². The molecule has 0 aromatic heterocycles. The van der Waals surface area contributed by atoms with E-state index in [9.17, 15) is 4.39 Å². The molecule has 0 bridgehead atoms. The SMILES string of the molecule is CC(C)CCOCCC(N)c1cccc(F)c1. The Hall–Kier alpha value is -0.930. The molecule has 0 heterocycles. The van der Waals surface area contributed by atoms with Crippen LogP contribution in [0.25, 0.3) is 0 Å². The summed E-state index contributed by atoms with van der Waals surface area (Å²) in [6.45, 7) is 5.74. The molecule has 0 aliphatic rings. The Morgan fingerprint density at radius 2 is 1.94 bits per heavy atom. The molecular weight excluding hydrogens is 217 g/mol. The van der Waals surface area contributed by atoms with Crippen molar-refractivity contribution in [2.24, 2.45) is 11.7 Å². The van der Waals surface area contributed by atoms with Crippen LogP contribution in [0.4, 0.5) is 4.39 Å². The molecule has 2 nitrogen and oxygen atoms in total. The van der Waals surface area contributed by atoms with Gasteiger partial charge in [0.1, 0.15) is 5.82 Å². The number of benzene rings is 1. The minimum Gasteiger partial charge on any atom is -0.381 e. The zero-order chi connectivity index (χ0) is 12.7. The maximum Gasteiger partial charge on any atom is 0.123 e. The first-order valence-corrected chi connectivity index (χ1v) is 6.18. The zero-order valence-corrected chi connectivity index (χ0v) is 10.7. The second-order valence-electron chi connectivity index (χ2n) is 4.75. The fourth-order valence-corrected chi connectivity index (χ4v) is 1.54. The van der Waals surface area contributed by atoms with Gasteiger partial charge in [0.05, 0.1) is 0 Å². The molecule has 2 N–H and O–H groups in total. The standard InChI is InChI=1S/C14H22FNO/c1-11(2)6-8-17-9-7-14(16)12-4-3-5-13(15)10-12/h3-5,10-11,14H,6-9,16H2,1-2H3. The second-order valence-corrected chi connectivity index (χ2v) is 4.75. The molecule has 96 valence electrons. The number of hydrogen-bond donors (Lipinski definition) is 1. The molecule has 17 heavy (non-hydrogen) atoms. The monoisotopic (exact) mass is 239 g/mol. The summed E-state index contributed by atoms with van der Waals surface area (Å²) in [5.74, 6) is 0.422. The number of rotatable bonds is 7. The average molecular weight is 239 g/mol. The van der Waals surface area contributed by atoms with Crippen LogP contribution in [0.5, 0.6) is 0 Å². The van der Waals surface area contributed by atoms with Crippen LogP contribution in [-0.2, 0) is 4.74 Å². The molecule has 0 aliphatic heterocycles. The van der Waals surface area contributed by atoms with Crippen LogP contribution in [0.2, 0.25) is 0 Å². The van der Waals surface area contributed by atoms with Crippen molar-refractivity contribution in [3.05, 3.63) is 35.6 Å². The van der Waals surface area contributed by atoms with Crippen LogP contribution >= 0.6 is 0 Å². The number of halogens is 1. The van der Waals surface area contributed by atoms with E-state index in [4.69, 9.17) is 10.5 Å². The second kappa shape index (κ2) is 7.41. The highest BCUT2D eigenvalue weighted by Gasteiger charge is 2.06. The van der Waals surface area contributed by atoms with Gasteiger partial charge in [0.2, 0.25) is 0 Å². The Labute approximate surface area is 103 Å². The van der Waals surface area contributed by atoms with E-state index in [1.807, 2.05) is 6.07 Å². The molecule has 1 aromatic rings. The van der Waals surface area contributed by atoms with Gasteiger partial charge >= 0.3 is 0 Å². The Morgan fingerprint density at radius 3 is 2.59 bits per heavy atom. The summed E-state index contributed by atoms with van der Waals surface area (Å²) < 4.78 is 18.5. The minimum atomic E-state index is -0.237. The third-order valence-corrected chi connectivity index (χ3v) is 2.69. The first-order chi connectivity index (χ1) is 8.09. The molecule has 1 rings (SSSR count). The smallest absolute Gasteiger partial charge is 0.123 e. The molecule has 3 heteroatoms. The lowest BCUT2D eigenvalue weighted by Crippen LogP contribution is -2.13. The predicted octanol–water partition coefficient (Wildman–Crippen LogP) is 3.28. The molecular formula is C14H22FNO. The molecule has 0 aliphatic carbocycles. The molecule has 0 radical (unpaired) electrons. The maximum atomic E-state index is 13.0. The first-order valence-electron chi connectivity index (χ1n) is 6.18. The van der Waals surface area contributed by atoms with Crippen molar-refractivity contribution < 1.29 is 9.13 Å². The Kier molecular flexibility index (Phi) is 6.16. The van der Waals surface area contributed by atoms with E-state index in [1.54, 1.807) is 6.07 Å². The largest absolute Gasteiger partial charge is 0.381 e. The van der Waals surface area contributed by atoms with Crippen LogP contribution in [-0.4, -0.2) is 13.2 Å². The lowest BCUT2D eigenvalue weighted by molar-refractivity contribution is 0.117. The van der Waals surface area contributed by atoms with E-state index in [1.165, 1.54) is 12.1 Å². The van der Waals surface area contributed by atoms with E-state index in [2.05, 4.69) is 13.8 Å². The Bertz CT molecular complexity index is 328. The van der Waals surface area contributed by atoms with Gasteiger partial charge in [0.15, 0.2) is 0 Å².